The fraction of sp³-hybridized carbons (Fsp3) is 0.200. The lowest BCUT2D eigenvalue weighted by Gasteiger charge is -2.13. The van der Waals surface area contributed by atoms with E-state index in [1.54, 1.807) is 6.07 Å². The standard InChI is InChI=1S/C15H14N4O3S2/c1-19(15(21)22)6-5-16-14-17-9-4-8-24-13(9)11(18-14)12(20)10-3-2-7-23-10/h2-4,7-8H,5-6H2,1H3,(H,21,22)(H,16,17,18). The summed E-state index contributed by atoms with van der Waals surface area (Å²) in [5, 5.41) is 15.5. The number of fused-ring (bicyclic) bond motifs is 1. The first kappa shape index (κ1) is 16.3. The summed E-state index contributed by atoms with van der Waals surface area (Å²) in [4.78, 5) is 33.9. The van der Waals surface area contributed by atoms with Crippen molar-refractivity contribution in [1.29, 1.82) is 0 Å². The van der Waals surface area contributed by atoms with E-state index in [4.69, 9.17) is 5.11 Å². The third-order valence-electron chi connectivity index (χ3n) is 3.32. The quantitative estimate of drug-likeness (QED) is 0.655. The average molecular weight is 362 g/mol. The molecule has 3 aromatic heterocycles. The van der Waals surface area contributed by atoms with E-state index >= 15 is 0 Å². The molecule has 7 nitrogen and oxygen atoms in total. The van der Waals surface area contributed by atoms with Crippen molar-refractivity contribution in [3.05, 3.63) is 39.5 Å². The summed E-state index contributed by atoms with van der Waals surface area (Å²) in [5.74, 6) is 0.185. The number of nitrogens with one attached hydrogen (secondary N) is 1. The molecule has 0 saturated heterocycles. The van der Waals surface area contributed by atoms with E-state index in [1.807, 2.05) is 22.9 Å². The second-order valence-electron chi connectivity index (χ2n) is 4.97. The number of carbonyl (C=O) groups is 2. The molecule has 1 amide bonds. The SMILES string of the molecule is CN(CCNc1nc(C(=O)c2cccs2)c2sccc2n1)C(=O)O. The second-order valence-corrected chi connectivity index (χ2v) is 6.83. The molecule has 3 heterocycles. The fourth-order valence-corrected chi connectivity index (χ4v) is 3.53. The molecular weight excluding hydrogens is 348 g/mol. The normalized spacial score (nSPS) is 10.7. The van der Waals surface area contributed by atoms with Crippen LogP contribution in [-0.2, 0) is 0 Å². The lowest BCUT2D eigenvalue weighted by molar-refractivity contribution is 0.103. The van der Waals surface area contributed by atoms with Crippen LogP contribution in [0.25, 0.3) is 10.2 Å². The maximum Gasteiger partial charge on any atom is 0.407 e. The lowest BCUT2D eigenvalue weighted by Crippen LogP contribution is -2.30. The van der Waals surface area contributed by atoms with Crippen molar-refractivity contribution in [2.24, 2.45) is 0 Å². The van der Waals surface area contributed by atoms with E-state index in [0.29, 0.717) is 28.6 Å². The molecule has 24 heavy (non-hydrogen) atoms. The first-order valence-corrected chi connectivity index (χ1v) is 8.83. The van der Waals surface area contributed by atoms with E-state index < -0.39 is 6.09 Å². The first-order chi connectivity index (χ1) is 11.6. The highest BCUT2D eigenvalue weighted by atomic mass is 32.1. The molecule has 0 aliphatic carbocycles. The molecule has 3 aromatic rings. The van der Waals surface area contributed by atoms with Gasteiger partial charge in [0.1, 0.15) is 5.69 Å². The van der Waals surface area contributed by atoms with Crippen LogP contribution in [0.1, 0.15) is 15.4 Å². The van der Waals surface area contributed by atoms with Crippen LogP contribution >= 0.6 is 22.7 Å². The number of likely N-dealkylation sites (N-methyl/N-ethyl adjacent to an activating group) is 1. The van der Waals surface area contributed by atoms with E-state index in [1.165, 1.54) is 29.7 Å². The van der Waals surface area contributed by atoms with Crippen LogP contribution in [0, 0.1) is 0 Å². The summed E-state index contributed by atoms with van der Waals surface area (Å²) < 4.78 is 0.751. The minimum Gasteiger partial charge on any atom is -0.465 e. The third-order valence-corrected chi connectivity index (χ3v) is 5.10. The topological polar surface area (TPSA) is 95.4 Å². The predicted octanol–water partition coefficient (Wildman–Crippen LogP) is 3.01. The van der Waals surface area contributed by atoms with Gasteiger partial charge in [-0.2, -0.15) is 0 Å². The second kappa shape index (κ2) is 6.93. The molecule has 9 heteroatoms. The summed E-state index contributed by atoms with van der Waals surface area (Å²) in [7, 11) is 1.48. The number of amides is 1. The van der Waals surface area contributed by atoms with E-state index in [2.05, 4.69) is 15.3 Å². The molecule has 2 N–H and O–H groups in total. The van der Waals surface area contributed by atoms with Gasteiger partial charge in [0.15, 0.2) is 0 Å². The summed E-state index contributed by atoms with van der Waals surface area (Å²) in [6.07, 6.45) is -1.00. The van der Waals surface area contributed by atoms with Gasteiger partial charge >= 0.3 is 6.09 Å². The van der Waals surface area contributed by atoms with Gasteiger partial charge in [-0.25, -0.2) is 14.8 Å². The molecular formula is C15H14N4O3S2. The number of nitrogens with zero attached hydrogens (tertiary/aromatic N) is 3. The maximum atomic E-state index is 12.7. The molecule has 0 atom stereocenters. The Morgan fingerprint density at radius 3 is 2.79 bits per heavy atom. The van der Waals surface area contributed by atoms with Crippen LogP contribution in [0.15, 0.2) is 29.0 Å². The summed E-state index contributed by atoms with van der Waals surface area (Å²) in [6, 6.07) is 5.43. The zero-order chi connectivity index (χ0) is 17.1. The lowest BCUT2D eigenvalue weighted by atomic mass is 10.2. The van der Waals surface area contributed by atoms with Gasteiger partial charge in [0, 0.05) is 20.1 Å². The predicted molar refractivity (Wildman–Crippen MR) is 94.3 cm³/mol. The molecule has 0 aliphatic rings. The summed E-state index contributed by atoms with van der Waals surface area (Å²) in [6.45, 7) is 0.639. The van der Waals surface area contributed by atoms with Crippen LogP contribution in [0.5, 0.6) is 0 Å². The zero-order valence-electron chi connectivity index (χ0n) is 12.7. The fourth-order valence-electron chi connectivity index (χ4n) is 2.05. The molecule has 0 radical (unpaired) electrons. The number of aromatic nitrogens is 2. The van der Waals surface area contributed by atoms with Gasteiger partial charge in [-0.15, -0.1) is 22.7 Å². The molecule has 0 aliphatic heterocycles. The molecule has 0 unspecified atom stereocenters. The summed E-state index contributed by atoms with van der Waals surface area (Å²) >= 11 is 2.80. The minimum absolute atomic E-state index is 0.134. The Labute approximate surface area is 145 Å². The number of ketones is 1. The molecule has 0 spiro atoms. The van der Waals surface area contributed by atoms with Gasteiger partial charge in [-0.3, -0.25) is 4.79 Å². The Balaban J connectivity index is 1.85. The molecule has 0 fully saturated rings. The Morgan fingerprint density at radius 2 is 2.08 bits per heavy atom. The monoisotopic (exact) mass is 362 g/mol. The van der Waals surface area contributed by atoms with Gasteiger partial charge in [0.2, 0.25) is 11.7 Å². The number of rotatable bonds is 6. The number of anilines is 1. The van der Waals surface area contributed by atoms with Crippen molar-refractivity contribution < 1.29 is 14.7 Å². The van der Waals surface area contributed by atoms with Crippen LogP contribution in [-0.4, -0.2) is 52.0 Å². The number of thiophene rings is 2. The highest BCUT2D eigenvalue weighted by Gasteiger charge is 2.18. The van der Waals surface area contributed by atoms with Crippen LogP contribution in [0.4, 0.5) is 10.7 Å². The highest BCUT2D eigenvalue weighted by molar-refractivity contribution is 7.17. The summed E-state index contributed by atoms with van der Waals surface area (Å²) in [5.41, 5.74) is 1.07. The van der Waals surface area contributed by atoms with Crippen LogP contribution < -0.4 is 5.32 Å². The third kappa shape index (κ3) is 3.36. The van der Waals surface area contributed by atoms with Gasteiger partial charge in [-0.1, -0.05) is 6.07 Å². The van der Waals surface area contributed by atoms with Crippen molar-refractivity contribution in [2.45, 2.75) is 0 Å². The smallest absolute Gasteiger partial charge is 0.407 e. The van der Waals surface area contributed by atoms with E-state index in [-0.39, 0.29) is 12.3 Å². The Kier molecular flexibility index (Phi) is 4.72. The Morgan fingerprint density at radius 1 is 1.25 bits per heavy atom. The van der Waals surface area contributed by atoms with E-state index in [9.17, 15) is 9.59 Å². The van der Waals surface area contributed by atoms with Crippen LogP contribution in [0.3, 0.4) is 0 Å². The number of hydrogen-bond donors (Lipinski definition) is 2. The Bertz CT molecular complexity index is 876. The van der Waals surface area contributed by atoms with Crippen molar-refractivity contribution >= 4 is 50.7 Å². The van der Waals surface area contributed by atoms with Gasteiger partial charge in [0.25, 0.3) is 0 Å². The molecule has 3 rings (SSSR count). The highest BCUT2D eigenvalue weighted by Crippen LogP contribution is 2.26. The molecule has 0 bridgehead atoms. The first-order valence-electron chi connectivity index (χ1n) is 7.07. The molecule has 0 saturated carbocycles. The number of carbonyl (C=O) groups excluding carboxylic acids is 1. The van der Waals surface area contributed by atoms with Gasteiger partial charge < -0.3 is 15.3 Å². The van der Waals surface area contributed by atoms with Crippen molar-refractivity contribution in [1.82, 2.24) is 14.9 Å². The minimum atomic E-state index is -1.00. The average Bonchev–Trinajstić information content (AvgIpc) is 3.24. The number of hydrogen-bond acceptors (Lipinski definition) is 7. The number of carboxylic acid groups (broad SMARTS) is 1. The molecule has 0 aromatic carbocycles. The van der Waals surface area contributed by atoms with Gasteiger partial charge in [-0.05, 0) is 22.9 Å². The van der Waals surface area contributed by atoms with Crippen molar-refractivity contribution in [3.63, 3.8) is 0 Å². The van der Waals surface area contributed by atoms with E-state index in [0.717, 1.165) is 9.60 Å². The largest absolute Gasteiger partial charge is 0.465 e. The Hall–Kier alpha value is -2.52. The molecule has 124 valence electrons. The van der Waals surface area contributed by atoms with Crippen molar-refractivity contribution in [3.8, 4) is 0 Å². The van der Waals surface area contributed by atoms with Crippen molar-refractivity contribution in [2.75, 3.05) is 25.5 Å². The maximum absolute atomic E-state index is 12.7. The van der Waals surface area contributed by atoms with Crippen LogP contribution in [0.2, 0.25) is 0 Å². The zero-order valence-corrected chi connectivity index (χ0v) is 14.4. The van der Waals surface area contributed by atoms with Gasteiger partial charge in [0.05, 0.1) is 15.1 Å².